The quantitative estimate of drug-likeness (QED) is 0.819. The highest BCUT2D eigenvalue weighted by atomic mass is 16.4. The van der Waals surface area contributed by atoms with Crippen molar-refractivity contribution in [3.05, 3.63) is 41.5 Å². The van der Waals surface area contributed by atoms with Gasteiger partial charge in [-0.15, -0.1) is 0 Å². The summed E-state index contributed by atoms with van der Waals surface area (Å²) in [5.41, 5.74) is 2.70. The summed E-state index contributed by atoms with van der Waals surface area (Å²) in [4.78, 5) is 10.7. The Labute approximate surface area is 96.6 Å². The van der Waals surface area contributed by atoms with Gasteiger partial charge >= 0.3 is 5.97 Å². The predicted octanol–water partition coefficient (Wildman–Crippen LogP) is 3.83. The molecule has 1 N–H and O–H groups in total. The molecule has 1 rings (SSSR count). The van der Waals surface area contributed by atoms with E-state index in [1.807, 2.05) is 19.1 Å². The Bertz CT molecular complexity index is 405. The summed E-state index contributed by atoms with van der Waals surface area (Å²) >= 11 is 0. The van der Waals surface area contributed by atoms with E-state index < -0.39 is 5.97 Å². The molecular weight excluding hydrogens is 200 g/mol. The molecule has 0 amide bonds. The molecule has 0 aromatic heterocycles. The van der Waals surface area contributed by atoms with E-state index in [2.05, 4.69) is 26.8 Å². The van der Waals surface area contributed by atoms with Crippen molar-refractivity contribution in [2.24, 2.45) is 5.41 Å². The lowest BCUT2D eigenvalue weighted by atomic mass is 9.91. The molecule has 0 saturated carbocycles. The number of benzene rings is 1. The van der Waals surface area contributed by atoms with E-state index in [1.54, 1.807) is 12.1 Å². The van der Waals surface area contributed by atoms with Gasteiger partial charge in [0.15, 0.2) is 0 Å². The summed E-state index contributed by atoms with van der Waals surface area (Å²) in [5.74, 6) is -0.885. The Morgan fingerprint density at radius 3 is 1.94 bits per heavy atom. The first-order chi connectivity index (χ1) is 7.29. The standard InChI is InChI=1S/C14H18O2/c1-10(9-14(2,3)4)11-5-7-12(8-6-11)13(15)16/h5-9H,1-4H3,(H,15,16)/b10-9-. The maximum Gasteiger partial charge on any atom is 0.335 e. The van der Waals surface area contributed by atoms with Gasteiger partial charge < -0.3 is 5.11 Å². The SMILES string of the molecule is C/C(=C/C(C)(C)C)c1ccc(C(=O)O)cc1. The predicted molar refractivity (Wildman–Crippen MR) is 66.5 cm³/mol. The van der Waals surface area contributed by atoms with Crippen LogP contribution in [0.1, 0.15) is 43.6 Å². The minimum absolute atomic E-state index is 0.134. The van der Waals surface area contributed by atoms with Crippen molar-refractivity contribution in [1.82, 2.24) is 0 Å². The lowest BCUT2D eigenvalue weighted by molar-refractivity contribution is 0.0697. The number of carboxylic acids is 1. The van der Waals surface area contributed by atoms with Crippen molar-refractivity contribution in [1.29, 1.82) is 0 Å². The van der Waals surface area contributed by atoms with E-state index in [-0.39, 0.29) is 5.41 Å². The molecule has 2 nitrogen and oxygen atoms in total. The fourth-order valence-electron chi connectivity index (χ4n) is 1.61. The van der Waals surface area contributed by atoms with E-state index in [9.17, 15) is 4.79 Å². The average molecular weight is 218 g/mol. The second-order valence-corrected chi connectivity index (χ2v) is 5.08. The van der Waals surface area contributed by atoms with Gasteiger partial charge in [0.2, 0.25) is 0 Å². The molecule has 1 aromatic rings. The van der Waals surface area contributed by atoms with Gasteiger partial charge in [-0.25, -0.2) is 4.79 Å². The van der Waals surface area contributed by atoms with Crippen LogP contribution in [0, 0.1) is 5.41 Å². The summed E-state index contributed by atoms with van der Waals surface area (Å²) in [5, 5.41) is 8.79. The molecule has 0 aliphatic rings. The van der Waals surface area contributed by atoms with Crippen molar-refractivity contribution < 1.29 is 9.90 Å². The van der Waals surface area contributed by atoms with Crippen LogP contribution in [0.2, 0.25) is 0 Å². The normalized spacial score (nSPS) is 12.6. The third-order valence-electron chi connectivity index (χ3n) is 2.24. The highest BCUT2D eigenvalue weighted by Crippen LogP contribution is 2.23. The van der Waals surface area contributed by atoms with Crippen LogP contribution < -0.4 is 0 Å². The molecule has 1 aromatic carbocycles. The molecule has 0 unspecified atom stereocenters. The van der Waals surface area contributed by atoms with Gasteiger partial charge in [0.05, 0.1) is 5.56 Å². The number of allylic oxidation sites excluding steroid dienone is 2. The summed E-state index contributed by atoms with van der Waals surface area (Å²) < 4.78 is 0. The number of carbonyl (C=O) groups is 1. The van der Waals surface area contributed by atoms with E-state index in [4.69, 9.17) is 5.11 Å². The minimum Gasteiger partial charge on any atom is -0.478 e. The van der Waals surface area contributed by atoms with Crippen LogP contribution in [0.25, 0.3) is 5.57 Å². The van der Waals surface area contributed by atoms with Gasteiger partial charge in [0, 0.05) is 0 Å². The van der Waals surface area contributed by atoms with E-state index in [0.29, 0.717) is 5.56 Å². The fourth-order valence-corrected chi connectivity index (χ4v) is 1.61. The number of hydrogen-bond donors (Lipinski definition) is 1. The maximum atomic E-state index is 10.7. The summed E-state index contributed by atoms with van der Waals surface area (Å²) in [6.45, 7) is 8.47. The monoisotopic (exact) mass is 218 g/mol. The van der Waals surface area contributed by atoms with E-state index in [1.165, 1.54) is 5.57 Å². The van der Waals surface area contributed by atoms with Crippen LogP contribution in [-0.4, -0.2) is 11.1 Å². The number of aromatic carboxylic acids is 1. The molecule has 86 valence electrons. The molecule has 0 aliphatic heterocycles. The van der Waals surface area contributed by atoms with Gasteiger partial charge in [-0.05, 0) is 35.6 Å². The first-order valence-electron chi connectivity index (χ1n) is 5.33. The lowest BCUT2D eigenvalue weighted by Gasteiger charge is -2.14. The van der Waals surface area contributed by atoms with Gasteiger partial charge in [0.25, 0.3) is 0 Å². The van der Waals surface area contributed by atoms with Crippen LogP contribution in [0.15, 0.2) is 30.3 Å². The molecule has 0 spiro atoms. The molecule has 0 bridgehead atoms. The van der Waals surface area contributed by atoms with E-state index in [0.717, 1.165) is 5.56 Å². The molecule has 16 heavy (non-hydrogen) atoms. The summed E-state index contributed by atoms with van der Waals surface area (Å²) in [6.07, 6.45) is 2.18. The summed E-state index contributed by atoms with van der Waals surface area (Å²) in [6, 6.07) is 6.97. The second kappa shape index (κ2) is 4.52. The minimum atomic E-state index is -0.885. The van der Waals surface area contributed by atoms with E-state index >= 15 is 0 Å². The Hall–Kier alpha value is -1.57. The Morgan fingerprint density at radius 2 is 1.56 bits per heavy atom. The average Bonchev–Trinajstić information content (AvgIpc) is 2.15. The topological polar surface area (TPSA) is 37.3 Å². The van der Waals surface area contributed by atoms with Gasteiger partial charge in [-0.3, -0.25) is 0 Å². The number of hydrogen-bond acceptors (Lipinski definition) is 1. The maximum absolute atomic E-state index is 10.7. The third-order valence-corrected chi connectivity index (χ3v) is 2.24. The smallest absolute Gasteiger partial charge is 0.335 e. The molecule has 0 fully saturated rings. The first-order valence-corrected chi connectivity index (χ1v) is 5.33. The molecule has 0 aliphatic carbocycles. The van der Waals surface area contributed by atoms with Crippen LogP contribution >= 0.6 is 0 Å². The molecule has 0 atom stereocenters. The highest BCUT2D eigenvalue weighted by Gasteiger charge is 2.08. The first kappa shape index (κ1) is 12.5. The van der Waals surface area contributed by atoms with Crippen LogP contribution in [-0.2, 0) is 0 Å². The third kappa shape index (κ3) is 3.54. The van der Waals surface area contributed by atoms with Crippen molar-refractivity contribution in [3.8, 4) is 0 Å². The summed E-state index contributed by atoms with van der Waals surface area (Å²) in [7, 11) is 0. The highest BCUT2D eigenvalue weighted by molar-refractivity contribution is 5.88. The zero-order chi connectivity index (χ0) is 12.3. The Morgan fingerprint density at radius 1 is 1.12 bits per heavy atom. The van der Waals surface area contributed by atoms with Crippen molar-refractivity contribution in [2.45, 2.75) is 27.7 Å². The molecule has 0 saturated heterocycles. The zero-order valence-electron chi connectivity index (χ0n) is 10.2. The largest absolute Gasteiger partial charge is 0.478 e. The van der Waals surface area contributed by atoms with Crippen molar-refractivity contribution >= 4 is 11.5 Å². The molecule has 0 radical (unpaired) electrons. The zero-order valence-corrected chi connectivity index (χ0v) is 10.2. The fraction of sp³-hybridized carbons (Fsp3) is 0.357. The van der Waals surface area contributed by atoms with Crippen LogP contribution in [0.5, 0.6) is 0 Å². The van der Waals surface area contributed by atoms with Gasteiger partial charge in [0.1, 0.15) is 0 Å². The van der Waals surface area contributed by atoms with Gasteiger partial charge in [-0.2, -0.15) is 0 Å². The van der Waals surface area contributed by atoms with Crippen molar-refractivity contribution in [2.75, 3.05) is 0 Å². The molecule has 2 heteroatoms. The van der Waals surface area contributed by atoms with Crippen LogP contribution in [0.3, 0.4) is 0 Å². The lowest BCUT2D eigenvalue weighted by Crippen LogP contribution is -2.00. The second-order valence-electron chi connectivity index (χ2n) is 5.08. The Balaban J connectivity index is 2.99. The number of rotatable bonds is 2. The Kier molecular flexibility index (Phi) is 3.53. The van der Waals surface area contributed by atoms with Gasteiger partial charge in [-0.1, -0.05) is 39.0 Å². The van der Waals surface area contributed by atoms with Crippen LogP contribution in [0.4, 0.5) is 0 Å². The number of carboxylic acid groups (broad SMARTS) is 1. The molecular formula is C14H18O2. The van der Waals surface area contributed by atoms with Crippen molar-refractivity contribution in [3.63, 3.8) is 0 Å². The molecule has 0 heterocycles.